The van der Waals surface area contributed by atoms with Crippen molar-refractivity contribution in [1.29, 1.82) is 0 Å². The number of rotatable bonds is 5. The topological polar surface area (TPSA) is 61.4 Å². The Labute approximate surface area is 92.3 Å². The standard InChI is InChI=1S/C10H14N2O2S/c13-10(14)4-8(9-2-1-3-15-9)12-7-5-11-6-7/h1-3,7-8,11-12H,4-6H2,(H,13,14). The molecule has 1 unspecified atom stereocenters. The third kappa shape index (κ3) is 2.77. The Morgan fingerprint density at radius 2 is 2.53 bits per heavy atom. The van der Waals surface area contributed by atoms with Gasteiger partial charge in [0.15, 0.2) is 0 Å². The van der Waals surface area contributed by atoms with E-state index >= 15 is 0 Å². The normalized spacial score (nSPS) is 18.4. The second kappa shape index (κ2) is 4.74. The van der Waals surface area contributed by atoms with E-state index in [9.17, 15) is 4.79 Å². The van der Waals surface area contributed by atoms with Crippen LogP contribution >= 0.6 is 11.3 Å². The van der Waals surface area contributed by atoms with Crippen LogP contribution in [0.2, 0.25) is 0 Å². The van der Waals surface area contributed by atoms with Crippen LogP contribution in [0.25, 0.3) is 0 Å². The maximum absolute atomic E-state index is 10.7. The average molecular weight is 226 g/mol. The van der Waals surface area contributed by atoms with Crippen molar-refractivity contribution in [2.24, 2.45) is 0 Å². The number of carboxylic acids is 1. The van der Waals surface area contributed by atoms with Crippen molar-refractivity contribution >= 4 is 17.3 Å². The second-order valence-electron chi connectivity index (χ2n) is 3.69. The van der Waals surface area contributed by atoms with Crippen molar-refractivity contribution in [1.82, 2.24) is 10.6 Å². The third-order valence-corrected chi connectivity index (χ3v) is 3.47. The minimum Gasteiger partial charge on any atom is -0.481 e. The molecule has 82 valence electrons. The van der Waals surface area contributed by atoms with Crippen molar-refractivity contribution in [3.8, 4) is 0 Å². The first-order valence-electron chi connectivity index (χ1n) is 4.97. The lowest BCUT2D eigenvalue weighted by Crippen LogP contribution is -2.56. The number of thiophene rings is 1. The van der Waals surface area contributed by atoms with Crippen molar-refractivity contribution in [3.63, 3.8) is 0 Å². The molecule has 0 saturated carbocycles. The quantitative estimate of drug-likeness (QED) is 0.696. The summed E-state index contributed by atoms with van der Waals surface area (Å²) in [5, 5.41) is 17.3. The molecule has 0 spiro atoms. The van der Waals surface area contributed by atoms with Crippen LogP contribution in [-0.2, 0) is 4.79 Å². The highest BCUT2D eigenvalue weighted by Gasteiger charge is 2.23. The fourth-order valence-electron chi connectivity index (χ4n) is 1.60. The summed E-state index contributed by atoms with van der Waals surface area (Å²) in [6.07, 6.45) is 0.150. The lowest BCUT2D eigenvalue weighted by atomic mass is 10.1. The Morgan fingerprint density at radius 3 is 3.00 bits per heavy atom. The number of nitrogens with one attached hydrogen (secondary N) is 2. The van der Waals surface area contributed by atoms with Crippen molar-refractivity contribution in [2.75, 3.05) is 13.1 Å². The summed E-state index contributed by atoms with van der Waals surface area (Å²) in [6, 6.07) is 4.30. The first-order valence-corrected chi connectivity index (χ1v) is 5.85. The molecule has 2 rings (SSSR count). The minimum absolute atomic E-state index is 0.0467. The molecule has 0 amide bonds. The molecule has 4 nitrogen and oxygen atoms in total. The number of hydrogen-bond acceptors (Lipinski definition) is 4. The first-order chi connectivity index (χ1) is 7.25. The summed E-state index contributed by atoms with van der Waals surface area (Å²) in [5.74, 6) is -0.756. The molecule has 1 aromatic rings. The number of carboxylic acid groups (broad SMARTS) is 1. The Hall–Kier alpha value is -0.910. The molecule has 1 atom stereocenters. The van der Waals surface area contributed by atoms with Gasteiger partial charge in [0.1, 0.15) is 0 Å². The summed E-state index contributed by atoms with van der Waals surface area (Å²) in [5.41, 5.74) is 0. The first kappa shape index (κ1) is 10.6. The highest BCUT2D eigenvalue weighted by Crippen LogP contribution is 2.22. The zero-order chi connectivity index (χ0) is 10.7. The van der Waals surface area contributed by atoms with Gasteiger partial charge < -0.3 is 15.7 Å². The SMILES string of the molecule is O=C(O)CC(NC1CNC1)c1cccs1. The van der Waals surface area contributed by atoms with Gasteiger partial charge in [0, 0.05) is 24.0 Å². The fraction of sp³-hybridized carbons (Fsp3) is 0.500. The largest absolute Gasteiger partial charge is 0.481 e. The van der Waals surface area contributed by atoms with Gasteiger partial charge >= 0.3 is 5.97 Å². The van der Waals surface area contributed by atoms with Gasteiger partial charge in [0.05, 0.1) is 12.5 Å². The summed E-state index contributed by atoms with van der Waals surface area (Å²) < 4.78 is 0. The van der Waals surface area contributed by atoms with Crippen LogP contribution < -0.4 is 10.6 Å². The predicted octanol–water partition coefficient (Wildman–Crippen LogP) is 0.825. The van der Waals surface area contributed by atoms with Gasteiger partial charge in [0.25, 0.3) is 0 Å². The van der Waals surface area contributed by atoms with Crippen LogP contribution in [-0.4, -0.2) is 30.2 Å². The molecule has 1 aromatic heterocycles. The zero-order valence-electron chi connectivity index (χ0n) is 8.27. The van der Waals surface area contributed by atoms with E-state index in [4.69, 9.17) is 5.11 Å². The van der Waals surface area contributed by atoms with Gasteiger partial charge in [-0.1, -0.05) is 6.07 Å². The molecule has 3 N–H and O–H groups in total. The van der Waals surface area contributed by atoms with Crippen LogP contribution in [0.5, 0.6) is 0 Å². The molecule has 1 aliphatic rings. The second-order valence-corrected chi connectivity index (χ2v) is 4.67. The highest BCUT2D eigenvalue weighted by molar-refractivity contribution is 7.10. The lowest BCUT2D eigenvalue weighted by Gasteiger charge is -2.31. The summed E-state index contributed by atoms with van der Waals surface area (Å²) in [6.45, 7) is 1.86. The molecule has 1 saturated heterocycles. The van der Waals surface area contributed by atoms with Crippen molar-refractivity contribution in [3.05, 3.63) is 22.4 Å². The molecule has 0 radical (unpaired) electrons. The zero-order valence-corrected chi connectivity index (χ0v) is 9.09. The van der Waals surface area contributed by atoms with Gasteiger partial charge in [-0.15, -0.1) is 11.3 Å². The highest BCUT2D eigenvalue weighted by atomic mass is 32.1. The van der Waals surface area contributed by atoms with Gasteiger partial charge in [-0.2, -0.15) is 0 Å². The van der Waals surface area contributed by atoms with Gasteiger partial charge in [-0.25, -0.2) is 0 Å². The van der Waals surface area contributed by atoms with E-state index in [2.05, 4.69) is 10.6 Å². The third-order valence-electron chi connectivity index (χ3n) is 2.48. The van der Waals surface area contributed by atoms with Crippen LogP contribution in [0.15, 0.2) is 17.5 Å². The fourth-order valence-corrected chi connectivity index (χ4v) is 2.38. The number of aliphatic carboxylic acids is 1. The molecular formula is C10H14N2O2S. The van der Waals surface area contributed by atoms with E-state index in [-0.39, 0.29) is 12.5 Å². The van der Waals surface area contributed by atoms with Crippen LogP contribution in [0.1, 0.15) is 17.3 Å². The lowest BCUT2D eigenvalue weighted by molar-refractivity contribution is -0.137. The molecule has 0 bridgehead atoms. The van der Waals surface area contributed by atoms with Gasteiger partial charge in [0.2, 0.25) is 0 Å². The van der Waals surface area contributed by atoms with Gasteiger partial charge in [-0.3, -0.25) is 4.79 Å². The summed E-state index contributed by atoms with van der Waals surface area (Å²) in [4.78, 5) is 11.8. The summed E-state index contributed by atoms with van der Waals surface area (Å²) in [7, 11) is 0. The van der Waals surface area contributed by atoms with E-state index < -0.39 is 5.97 Å². The predicted molar refractivity (Wildman–Crippen MR) is 59.1 cm³/mol. The van der Waals surface area contributed by atoms with Crippen LogP contribution in [0.4, 0.5) is 0 Å². The Bertz CT molecular complexity index is 322. The minimum atomic E-state index is -0.756. The molecule has 15 heavy (non-hydrogen) atoms. The number of carbonyl (C=O) groups is 1. The van der Waals surface area contributed by atoms with E-state index in [0.29, 0.717) is 6.04 Å². The Kier molecular flexibility index (Phi) is 3.35. The van der Waals surface area contributed by atoms with Crippen molar-refractivity contribution < 1.29 is 9.90 Å². The molecule has 1 aliphatic heterocycles. The summed E-state index contributed by atoms with van der Waals surface area (Å²) >= 11 is 1.60. The molecule has 5 heteroatoms. The molecular weight excluding hydrogens is 212 g/mol. The maximum Gasteiger partial charge on any atom is 0.305 e. The Morgan fingerprint density at radius 1 is 1.73 bits per heavy atom. The van der Waals surface area contributed by atoms with E-state index in [0.717, 1.165) is 18.0 Å². The molecule has 0 aromatic carbocycles. The average Bonchev–Trinajstić information content (AvgIpc) is 2.60. The van der Waals surface area contributed by atoms with Crippen LogP contribution in [0, 0.1) is 0 Å². The van der Waals surface area contributed by atoms with Crippen LogP contribution in [0.3, 0.4) is 0 Å². The molecule has 2 heterocycles. The van der Waals surface area contributed by atoms with E-state index in [1.54, 1.807) is 11.3 Å². The van der Waals surface area contributed by atoms with E-state index in [1.807, 2.05) is 17.5 Å². The van der Waals surface area contributed by atoms with Gasteiger partial charge in [-0.05, 0) is 11.4 Å². The molecule has 0 aliphatic carbocycles. The Balaban J connectivity index is 1.98. The van der Waals surface area contributed by atoms with E-state index in [1.165, 1.54) is 0 Å². The maximum atomic E-state index is 10.7. The monoisotopic (exact) mass is 226 g/mol. The smallest absolute Gasteiger partial charge is 0.305 e. The molecule has 1 fully saturated rings. The van der Waals surface area contributed by atoms with Crippen molar-refractivity contribution in [2.45, 2.75) is 18.5 Å². The number of hydrogen-bond donors (Lipinski definition) is 3.